The Morgan fingerprint density at radius 1 is 1.27 bits per heavy atom. The highest BCUT2D eigenvalue weighted by atomic mass is 16.5. The van der Waals surface area contributed by atoms with Crippen molar-refractivity contribution in [1.29, 1.82) is 0 Å². The largest absolute Gasteiger partial charge is 0.389 e. The summed E-state index contributed by atoms with van der Waals surface area (Å²) >= 11 is 0. The predicted molar refractivity (Wildman–Crippen MR) is 59.8 cm³/mol. The Morgan fingerprint density at radius 3 is 2.47 bits per heavy atom. The Morgan fingerprint density at radius 2 is 1.93 bits per heavy atom. The van der Waals surface area contributed by atoms with Gasteiger partial charge < -0.3 is 9.84 Å². The molecular weight excluding hydrogens is 190 g/mol. The summed E-state index contributed by atoms with van der Waals surface area (Å²) in [5.74, 6) is 0. The van der Waals surface area contributed by atoms with E-state index in [-0.39, 0.29) is 24.4 Å². The van der Waals surface area contributed by atoms with E-state index in [4.69, 9.17) is 4.74 Å². The van der Waals surface area contributed by atoms with E-state index < -0.39 is 0 Å². The van der Waals surface area contributed by atoms with Gasteiger partial charge in [0.05, 0.1) is 18.3 Å². The molecule has 0 spiro atoms. The second kappa shape index (κ2) is 4.40. The SMILES string of the molecule is C[C@@H]1C[C@H](N(C)C2CCC2)[C@@H](O)[C@H](C)O1. The Kier molecular flexibility index (Phi) is 3.33. The van der Waals surface area contributed by atoms with Gasteiger partial charge in [-0.1, -0.05) is 6.42 Å². The monoisotopic (exact) mass is 213 g/mol. The zero-order valence-electron chi connectivity index (χ0n) is 10.0. The number of likely N-dealkylation sites (N-methyl/N-ethyl adjacent to an activating group) is 1. The van der Waals surface area contributed by atoms with Gasteiger partial charge in [-0.3, -0.25) is 4.90 Å². The van der Waals surface area contributed by atoms with Crippen LogP contribution in [-0.4, -0.2) is 47.4 Å². The summed E-state index contributed by atoms with van der Waals surface area (Å²) in [4.78, 5) is 2.38. The van der Waals surface area contributed by atoms with Gasteiger partial charge in [-0.2, -0.15) is 0 Å². The Hall–Kier alpha value is -0.120. The first-order chi connectivity index (χ1) is 7.09. The quantitative estimate of drug-likeness (QED) is 0.752. The molecule has 1 heterocycles. The number of nitrogens with zero attached hydrogens (tertiary/aromatic N) is 1. The molecule has 1 saturated carbocycles. The minimum absolute atomic E-state index is 0.0266. The van der Waals surface area contributed by atoms with Crippen molar-refractivity contribution in [3.63, 3.8) is 0 Å². The molecule has 0 aromatic carbocycles. The zero-order valence-corrected chi connectivity index (χ0v) is 10.0. The second-order valence-electron chi connectivity index (χ2n) is 5.20. The normalized spacial score (nSPS) is 43.0. The van der Waals surface area contributed by atoms with Gasteiger partial charge >= 0.3 is 0 Å². The Labute approximate surface area is 92.4 Å². The average Bonchev–Trinajstić information content (AvgIpc) is 2.08. The lowest BCUT2D eigenvalue weighted by molar-refractivity contribution is -0.145. The van der Waals surface area contributed by atoms with E-state index in [1.807, 2.05) is 6.92 Å². The zero-order chi connectivity index (χ0) is 11.0. The molecular formula is C12H23NO2. The fourth-order valence-corrected chi connectivity index (χ4v) is 2.77. The molecule has 88 valence electrons. The molecule has 1 aliphatic carbocycles. The van der Waals surface area contributed by atoms with Gasteiger partial charge in [0.25, 0.3) is 0 Å². The lowest BCUT2D eigenvalue weighted by atomic mass is 9.87. The van der Waals surface area contributed by atoms with Crippen molar-refractivity contribution in [3.8, 4) is 0 Å². The molecule has 0 aromatic rings. The molecule has 0 aromatic heterocycles. The highest BCUT2D eigenvalue weighted by Crippen LogP contribution is 2.30. The molecule has 0 unspecified atom stereocenters. The molecule has 1 N–H and O–H groups in total. The summed E-state index contributed by atoms with van der Waals surface area (Å²) < 4.78 is 5.63. The van der Waals surface area contributed by atoms with Crippen molar-refractivity contribution in [2.75, 3.05) is 7.05 Å². The van der Waals surface area contributed by atoms with E-state index in [1.54, 1.807) is 0 Å². The number of hydrogen-bond acceptors (Lipinski definition) is 3. The maximum absolute atomic E-state index is 10.1. The first kappa shape index (κ1) is 11.4. The maximum atomic E-state index is 10.1. The third-order valence-corrected chi connectivity index (χ3v) is 4.07. The first-order valence-corrected chi connectivity index (χ1v) is 6.15. The van der Waals surface area contributed by atoms with Crippen LogP contribution in [0.2, 0.25) is 0 Å². The molecule has 2 fully saturated rings. The molecule has 2 rings (SSSR count). The summed E-state index contributed by atoms with van der Waals surface area (Å²) in [6.45, 7) is 4.08. The number of ether oxygens (including phenoxy) is 1. The van der Waals surface area contributed by atoms with Crippen LogP contribution < -0.4 is 0 Å². The molecule has 0 bridgehead atoms. The van der Waals surface area contributed by atoms with Crippen LogP contribution in [0.1, 0.15) is 39.5 Å². The van der Waals surface area contributed by atoms with Gasteiger partial charge in [0.1, 0.15) is 0 Å². The van der Waals surface area contributed by atoms with E-state index >= 15 is 0 Å². The molecule has 1 aliphatic heterocycles. The first-order valence-electron chi connectivity index (χ1n) is 6.15. The smallest absolute Gasteiger partial charge is 0.0954 e. The molecule has 3 nitrogen and oxygen atoms in total. The van der Waals surface area contributed by atoms with Gasteiger partial charge in [-0.25, -0.2) is 0 Å². The lowest BCUT2D eigenvalue weighted by Crippen LogP contribution is -2.56. The van der Waals surface area contributed by atoms with E-state index in [1.165, 1.54) is 19.3 Å². The fraction of sp³-hybridized carbons (Fsp3) is 1.00. The molecule has 4 atom stereocenters. The molecule has 3 heteroatoms. The summed E-state index contributed by atoms with van der Waals surface area (Å²) in [5.41, 5.74) is 0. The molecule has 0 amide bonds. The standard InChI is InChI=1S/C12H23NO2/c1-8-7-11(12(14)9(2)15-8)13(3)10-5-4-6-10/h8-12,14H,4-7H2,1-3H3/t8-,9+,11+,12+/m1/s1. The van der Waals surface area contributed by atoms with Crippen LogP contribution in [0, 0.1) is 0 Å². The predicted octanol–water partition coefficient (Wildman–Crippen LogP) is 1.40. The third-order valence-electron chi connectivity index (χ3n) is 4.07. The minimum atomic E-state index is -0.327. The Balaban J connectivity index is 1.98. The number of rotatable bonds is 2. The van der Waals surface area contributed by atoms with Crippen LogP contribution in [0.5, 0.6) is 0 Å². The summed E-state index contributed by atoms with van der Waals surface area (Å²) in [6.07, 6.45) is 4.81. The van der Waals surface area contributed by atoms with Gasteiger partial charge in [0, 0.05) is 12.1 Å². The summed E-state index contributed by atoms with van der Waals surface area (Å²) in [7, 11) is 2.16. The van der Waals surface area contributed by atoms with Crippen molar-refractivity contribution in [1.82, 2.24) is 4.90 Å². The van der Waals surface area contributed by atoms with E-state index in [0.29, 0.717) is 6.04 Å². The van der Waals surface area contributed by atoms with Crippen LogP contribution in [0.4, 0.5) is 0 Å². The van der Waals surface area contributed by atoms with Gasteiger partial charge in [0.2, 0.25) is 0 Å². The highest BCUT2D eigenvalue weighted by Gasteiger charge is 2.38. The van der Waals surface area contributed by atoms with Crippen molar-refractivity contribution in [3.05, 3.63) is 0 Å². The van der Waals surface area contributed by atoms with Crippen molar-refractivity contribution in [2.24, 2.45) is 0 Å². The molecule has 15 heavy (non-hydrogen) atoms. The van der Waals surface area contributed by atoms with Gasteiger partial charge in [-0.05, 0) is 40.2 Å². The van der Waals surface area contributed by atoms with Crippen LogP contribution in [0.3, 0.4) is 0 Å². The highest BCUT2D eigenvalue weighted by molar-refractivity contribution is 4.92. The minimum Gasteiger partial charge on any atom is -0.389 e. The second-order valence-corrected chi connectivity index (χ2v) is 5.20. The van der Waals surface area contributed by atoms with Gasteiger partial charge in [0.15, 0.2) is 0 Å². The topological polar surface area (TPSA) is 32.7 Å². The van der Waals surface area contributed by atoms with Crippen LogP contribution in [0.25, 0.3) is 0 Å². The van der Waals surface area contributed by atoms with Crippen molar-refractivity contribution < 1.29 is 9.84 Å². The van der Waals surface area contributed by atoms with E-state index in [0.717, 1.165) is 6.42 Å². The van der Waals surface area contributed by atoms with Crippen LogP contribution in [0.15, 0.2) is 0 Å². The molecule has 2 aliphatic rings. The average molecular weight is 213 g/mol. The number of aliphatic hydroxyl groups excluding tert-OH is 1. The fourth-order valence-electron chi connectivity index (χ4n) is 2.77. The maximum Gasteiger partial charge on any atom is 0.0954 e. The van der Waals surface area contributed by atoms with Crippen LogP contribution >= 0.6 is 0 Å². The Bertz CT molecular complexity index is 218. The third kappa shape index (κ3) is 2.19. The molecule has 0 radical (unpaired) electrons. The number of aliphatic hydroxyl groups is 1. The van der Waals surface area contributed by atoms with Crippen LogP contribution in [-0.2, 0) is 4.74 Å². The summed E-state index contributed by atoms with van der Waals surface area (Å²) in [6, 6.07) is 0.983. The van der Waals surface area contributed by atoms with Gasteiger partial charge in [-0.15, -0.1) is 0 Å². The summed E-state index contributed by atoms with van der Waals surface area (Å²) in [5, 5.41) is 10.1. The van der Waals surface area contributed by atoms with E-state index in [9.17, 15) is 5.11 Å². The molecule has 1 saturated heterocycles. The lowest BCUT2D eigenvalue weighted by Gasteiger charge is -2.46. The van der Waals surface area contributed by atoms with Crippen molar-refractivity contribution >= 4 is 0 Å². The van der Waals surface area contributed by atoms with E-state index in [2.05, 4.69) is 18.9 Å². The number of hydrogen-bond donors (Lipinski definition) is 1. The van der Waals surface area contributed by atoms with Crippen molar-refractivity contribution in [2.45, 2.75) is 69.9 Å².